The van der Waals surface area contributed by atoms with Crippen LogP contribution in [0.1, 0.15) is 42.9 Å². The summed E-state index contributed by atoms with van der Waals surface area (Å²) in [4.78, 5) is 73.8. The van der Waals surface area contributed by atoms with E-state index in [0.717, 1.165) is 9.13 Å². The Morgan fingerprint density at radius 1 is 0.723 bits per heavy atom. The third-order valence-electron chi connectivity index (χ3n) is 7.67. The fraction of sp³-hybridized carbons (Fsp3) is 0.206. The fourth-order valence-electron chi connectivity index (χ4n) is 5.19. The first-order chi connectivity index (χ1) is 22.7. The lowest BCUT2D eigenvalue weighted by Crippen LogP contribution is -2.41. The molecule has 0 spiro atoms. The van der Waals surface area contributed by atoms with Gasteiger partial charge in [-0.1, -0.05) is 54.6 Å². The van der Waals surface area contributed by atoms with E-state index >= 15 is 0 Å². The SMILES string of the molecule is Cn1c(=O)c2ncc([C@@H]3O[C@H](COC(=O)c4ccccc4)[C@@H](OC(=O)c4ccccc4)[C@H]3OC(=O)c3ccccc3)nc2n(C)c1=O. The van der Waals surface area contributed by atoms with Gasteiger partial charge in [0.25, 0.3) is 5.56 Å². The molecule has 0 aliphatic carbocycles. The van der Waals surface area contributed by atoms with Gasteiger partial charge in [0.15, 0.2) is 23.4 Å². The molecule has 6 rings (SSSR count). The van der Waals surface area contributed by atoms with E-state index in [1.165, 1.54) is 20.3 Å². The summed E-state index contributed by atoms with van der Waals surface area (Å²) in [6, 6.07) is 24.6. The highest BCUT2D eigenvalue weighted by Crippen LogP contribution is 2.38. The second-order valence-electron chi connectivity index (χ2n) is 10.7. The molecule has 1 fully saturated rings. The van der Waals surface area contributed by atoms with Gasteiger partial charge >= 0.3 is 23.6 Å². The molecule has 2 aromatic heterocycles. The van der Waals surface area contributed by atoms with Crippen molar-refractivity contribution < 1.29 is 33.3 Å². The zero-order chi connectivity index (χ0) is 33.1. The van der Waals surface area contributed by atoms with Gasteiger partial charge in [-0.15, -0.1) is 0 Å². The molecule has 0 unspecified atom stereocenters. The number of hydrogen-bond donors (Lipinski definition) is 0. The third kappa shape index (κ3) is 6.29. The van der Waals surface area contributed by atoms with E-state index in [1.54, 1.807) is 91.0 Å². The second-order valence-corrected chi connectivity index (χ2v) is 10.7. The van der Waals surface area contributed by atoms with E-state index in [2.05, 4.69) is 9.97 Å². The van der Waals surface area contributed by atoms with Gasteiger partial charge in [0, 0.05) is 14.1 Å². The van der Waals surface area contributed by atoms with Crippen molar-refractivity contribution in [1.82, 2.24) is 19.1 Å². The molecule has 0 amide bonds. The Hall–Kier alpha value is -5.95. The van der Waals surface area contributed by atoms with E-state index in [0.29, 0.717) is 0 Å². The highest BCUT2D eigenvalue weighted by atomic mass is 16.6. The van der Waals surface area contributed by atoms with Crippen LogP contribution in [0.2, 0.25) is 0 Å². The average molecular weight is 637 g/mol. The number of nitrogens with zero attached hydrogens (tertiary/aromatic N) is 4. The zero-order valence-electron chi connectivity index (χ0n) is 25.2. The van der Waals surface area contributed by atoms with Crippen molar-refractivity contribution in [2.24, 2.45) is 14.1 Å². The molecule has 13 heteroatoms. The summed E-state index contributed by atoms with van der Waals surface area (Å²) in [6.07, 6.45) is -3.73. The van der Waals surface area contributed by atoms with Crippen LogP contribution in [0.25, 0.3) is 11.2 Å². The molecule has 0 saturated carbocycles. The molecular weight excluding hydrogens is 608 g/mol. The van der Waals surface area contributed by atoms with Crippen molar-refractivity contribution in [3.8, 4) is 0 Å². The maximum atomic E-state index is 13.4. The summed E-state index contributed by atoms with van der Waals surface area (Å²) in [6.45, 7) is -0.392. The first kappa shape index (κ1) is 31.0. The van der Waals surface area contributed by atoms with E-state index in [1.807, 2.05) is 0 Å². The fourth-order valence-corrected chi connectivity index (χ4v) is 5.19. The van der Waals surface area contributed by atoms with Crippen LogP contribution in [0.4, 0.5) is 0 Å². The van der Waals surface area contributed by atoms with E-state index < -0.39 is 60.2 Å². The number of benzene rings is 3. The first-order valence-electron chi connectivity index (χ1n) is 14.6. The Morgan fingerprint density at radius 3 is 1.79 bits per heavy atom. The highest BCUT2D eigenvalue weighted by Gasteiger charge is 2.52. The molecule has 1 aliphatic rings. The lowest BCUT2D eigenvalue weighted by atomic mass is 10.0. The molecule has 0 radical (unpaired) electrons. The van der Waals surface area contributed by atoms with Crippen LogP contribution in [0.3, 0.4) is 0 Å². The molecule has 3 aromatic carbocycles. The molecule has 1 aliphatic heterocycles. The Kier molecular flexibility index (Phi) is 8.71. The van der Waals surface area contributed by atoms with Gasteiger partial charge in [-0.3, -0.25) is 13.9 Å². The maximum absolute atomic E-state index is 13.4. The minimum absolute atomic E-state index is 0.0379. The van der Waals surface area contributed by atoms with Gasteiger partial charge in [-0.2, -0.15) is 0 Å². The third-order valence-corrected chi connectivity index (χ3v) is 7.67. The van der Waals surface area contributed by atoms with Crippen molar-refractivity contribution in [3.63, 3.8) is 0 Å². The van der Waals surface area contributed by atoms with Crippen LogP contribution >= 0.6 is 0 Å². The van der Waals surface area contributed by atoms with Gasteiger partial charge in [0.1, 0.15) is 18.8 Å². The first-order valence-corrected chi connectivity index (χ1v) is 14.6. The summed E-state index contributed by atoms with van der Waals surface area (Å²) < 4.78 is 25.8. The smallest absolute Gasteiger partial charge is 0.338 e. The molecule has 3 heterocycles. The summed E-state index contributed by atoms with van der Waals surface area (Å²) >= 11 is 0. The predicted octanol–water partition coefficient (Wildman–Crippen LogP) is 2.78. The number of ether oxygens (including phenoxy) is 4. The Morgan fingerprint density at radius 2 is 1.23 bits per heavy atom. The number of aromatic nitrogens is 4. The van der Waals surface area contributed by atoms with E-state index in [-0.39, 0.29) is 33.5 Å². The molecular formula is C34H28N4O9. The van der Waals surface area contributed by atoms with E-state index in [4.69, 9.17) is 18.9 Å². The van der Waals surface area contributed by atoms with Crippen LogP contribution in [-0.4, -0.2) is 61.9 Å². The summed E-state index contributed by atoms with van der Waals surface area (Å²) in [5.41, 5.74) is -0.595. The van der Waals surface area contributed by atoms with Crippen LogP contribution in [0, 0.1) is 0 Å². The lowest BCUT2D eigenvalue weighted by molar-refractivity contribution is -0.0452. The van der Waals surface area contributed by atoms with Gasteiger partial charge in [-0.25, -0.2) is 29.1 Å². The van der Waals surface area contributed by atoms with Crippen molar-refractivity contribution >= 4 is 29.1 Å². The molecule has 47 heavy (non-hydrogen) atoms. The lowest BCUT2D eigenvalue weighted by Gasteiger charge is -2.24. The number of hydrogen-bond acceptors (Lipinski definition) is 11. The number of carbonyl (C=O) groups excluding carboxylic acids is 3. The Labute approximate surface area is 266 Å². The van der Waals surface area contributed by atoms with Gasteiger partial charge in [0.2, 0.25) is 0 Å². The zero-order valence-corrected chi connectivity index (χ0v) is 25.2. The standard InChI is InChI=1S/C34H28N4O9/c1-37-29-25(30(39)38(2)34(37)43)35-18-23(36-29)26-28(47-33(42)22-16-10-5-11-17-22)27(46-32(41)21-14-8-4-9-15-21)24(45-26)19-44-31(40)20-12-6-3-7-13-20/h3-18,24,26-28H,19H2,1-2H3/t24-,26+,27-,28+/m1/s1. The number of esters is 3. The van der Waals surface area contributed by atoms with Crippen LogP contribution in [0.5, 0.6) is 0 Å². The molecule has 238 valence electrons. The number of rotatable bonds is 8. The minimum Gasteiger partial charge on any atom is -0.459 e. The molecule has 4 atom stereocenters. The van der Waals surface area contributed by atoms with Crippen LogP contribution in [-0.2, 0) is 33.0 Å². The van der Waals surface area contributed by atoms with Crippen LogP contribution < -0.4 is 11.2 Å². The predicted molar refractivity (Wildman–Crippen MR) is 166 cm³/mol. The second kappa shape index (κ2) is 13.2. The summed E-state index contributed by atoms with van der Waals surface area (Å²) in [7, 11) is 2.76. The largest absolute Gasteiger partial charge is 0.459 e. The highest BCUT2D eigenvalue weighted by molar-refractivity contribution is 5.91. The van der Waals surface area contributed by atoms with Crippen LogP contribution in [0.15, 0.2) is 107 Å². The normalized spacial score (nSPS) is 18.9. The quantitative estimate of drug-likeness (QED) is 0.182. The van der Waals surface area contributed by atoms with Gasteiger partial charge < -0.3 is 18.9 Å². The van der Waals surface area contributed by atoms with Crippen molar-refractivity contribution in [3.05, 3.63) is 140 Å². The maximum Gasteiger partial charge on any atom is 0.338 e. The molecule has 0 bridgehead atoms. The van der Waals surface area contributed by atoms with Crippen molar-refractivity contribution in [1.29, 1.82) is 0 Å². The number of aryl methyl sites for hydroxylation is 1. The van der Waals surface area contributed by atoms with Crippen molar-refractivity contribution in [2.45, 2.75) is 24.4 Å². The van der Waals surface area contributed by atoms with Crippen molar-refractivity contribution in [2.75, 3.05) is 6.61 Å². The number of carbonyl (C=O) groups is 3. The monoisotopic (exact) mass is 636 g/mol. The average Bonchev–Trinajstić information content (AvgIpc) is 3.45. The molecule has 0 N–H and O–H groups in total. The molecule has 13 nitrogen and oxygen atoms in total. The molecule has 5 aromatic rings. The van der Waals surface area contributed by atoms with E-state index in [9.17, 15) is 24.0 Å². The molecule has 1 saturated heterocycles. The summed E-state index contributed by atoms with van der Waals surface area (Å²) in [5, 5.41) is 0. The Balaban J connectivity index is 1.41. The minimum atomic E-state index is -1.33. The Bertz CT molecular complexity index is 2060. The topological polar surface area (TPSA) is 158 Å². The summed E-state index contributed by atoms with van der Waals surface area (Å²) in [5.74, 6) is -2.14. The van der Waals surface area contributed by atoms with Gasteiger partial charge in [-0.05, 0) is 36.4 Å². The number of fused-ring (bicyclic) bond motifs is 1. The van der Waals surface area contributed by atoms with Gasteiger partial charge in [0.05, 0.1) is 28.6 Å².